The Morgan fingerprint density at radius 1 is 0.929 bits per heavy atom. The van der Waals surface area contributed by atoms with Crippen LogP contribution in [-0.2, 0) is 6.61 Å². The maximum absolute atomic E-state index is 13.7. The molecule has 0 saturated carbocycles. The van der Waals surface area contributed by atoms with Gasteiger partial charge < -0.3 is 15.8 Å². The van der Waals surface area contributed by atoms with Crippen molar-refractivity contribution in [1.29, 1.82) is 0 Å². The van der Waals surface area contributed by atoms with Gasteiger partial charge in [-0.15, -0.1) is 0 Å². The number of nitrogens with one attached hydrogen (secondary N) is 1. The Kier molecular flexibility index (Phi) is 5.64. The van der Waals surface area contributed by atoms with Crippen molar-refractivity contribution >= 4 is 17.5 Å². The minimum Gasteiger partial charge on any atom is -0.486 e. The topological polar surface area (TPSA) is 81.4 Å². The third-order valence-electron chi connectivity index (χ3n) is 3.98. The summed E-state index contributed by atoms with van der Waals surface area (Å²) >= 11 is 0. The Hall–Kier alpha value is -3.74. The van der Waals surface area contributed by atoms with Crippen LogP contribution in [0.4, 0.5) is 14.5 Å². The van der Waals surface area contributed by atoms with E-state index in [1.807, 2.05) is 0 Å². The van der Waals surface area contributed by atoms with E-state index in [9.17, 15) is 18.4 Å². The van der Waals surface area contributed by atoms with Gasteiger partial charge in [0.15, 0.2) is 11.6 Å². The molecule has 2 amide bonds. The average Bonchev–Trinajstić information content (AvgIpc) is 2.68. The molecule has 0 radical (unpaired) electrons. The van der Waals surface area contributed by atoms with E-state index < -0.39 is 23.4 Å². The Morgan fingerprint density at radius 2 is 1.61 bits per heavy atom. The number of rotatable bonds is 6. The minimum absolute atomic E-state index is 0.108. The van der Waals surface area contributed by atoms with Gasteiger partial charge in [-0.25, -0.2) is 8.78 Å². The molecule has 0 atom stereocenters. The van der Waals surface area contributed by atoms with Crippen molar-refractivity contribution in [3.63, 3.8) is 0 Å². The van der Waals surface area contributed by atoms with Crippen LogP contribution < -0.4 is 15.8 Å². The monoisotopic (exact) mass is 382 g/mol. The lowest BCUT2D eigenvalue weighted by Crippen LogP contribution is -2.19. The lowest BCUT2D eigenvalue weighted by Gasteiger charge is -2.13. The Bertz CT molecular complexity index is 1040. The summed E-state index contributed by atoms with van der Waals surface area (Å²) in [6, 6.07) is 15.9. The summed E-state index contributed by atoms with van der Waals surface area (Å²) in [6.07, 6.45) is 0. The van der Waals surface area contributed by atoms with E-state index in [4.69, 9.17) is 10.5 Å². The lowest BCUT2D eigenvalue weighted by atomic mass is 10.1. The number of halogens is 2. The van der Waals surface area contributed by atoms with E-state index in [1.54, 1.807) is 42.5 Å². The molecule has 3 aromatic rings. The van der Waals surface area contributed by atoms with Crippen molar-refractivity contribution in [2.24, 2.45) is 5.73 Å². The fourth-order valence-corrected chi connectivity index (χ4v) is 2.61. The van der Waals surface area contributed by atoms with Crippen molar-refractivity contribution in [2.45, 2.75) is 6.61 Å². The van der Waals surface area contributed by atoms with Gasteiger partial charge in [-0.2, -0.15) is 0 Å². The van der Waals surface area contributed by atoms with Crippen LogP contribution in [0.3, 0.4) is 0 Å². The van der Waals surface area contributed by atoms with Gasteiger partial charge >= 0.3 is 0 Å². The number of hydrogen-bond acceptors (Lipinski definition) is 3. The number of benzene rings is 3. The smallest absolute Gasteiger partial charge is 0.256 e. The summed E-state index contributed by atoms with van der Waals surface area (Å²) in [5, 5.41) is 2.65. The molecule has 142 valence electrons. The Labute approximate surface area is 159 Å². The molecule has 3 aromatic carbocycles. The highest BCUT2D eigenvalue weighted by atomic mass is 19.1. The molecular weight excluding hydrogens is 366 g/mol. The summed E-state index contributed by atoms with van der Waals surface area (Å²) in [5.74, 6) is -2.82. The zero-order valence-electron chi connectivity index (χ0n) is 14.6. The lowest BCUT2D eigenvalue weighted by molar-refractivity contribution is 0.100. The molecule has 0 aliphatic rings. The first kappa shape index (κ1) is 19.0. The van der Waals surface area contributed by atoms with Crippen molar-refractivity contribution in [2.75, 3.05) is 5.32 Å². The summed E-state index contributed by atoms with van der Waals surface area (Å²) < 4.78 is 32.1. The van der Waals surface area contributed by atoms with Gasteiger partial charge in [-0.05, 0) is 30.3 Å². The van der Waals surface area contributed by atoms with Crippen LogP contribution in [0.5, 0.6) is 5.75 Å². The van der Waals surface area contributed by atoms with Crippen LogP contribution in [0.1, 0.15) is 26.3 Å². The minimum atomic E-state index is -0.836. The van der Waals surface area contributed by atoms with E-state index in [2.05, 4.69) is 5.32 Å². The number of carbonyl (C=O) groups excluding carboxylic acids is 2. The summed E-state index contributed by atoms with van der Waals surface area (Å²) in [7, 11) is 0. The molecule has 0 bridgehead atoms. The van der Waals surface area contributed by atoms with Crippen LogP contribution >= 0.6 is 0 Å². The zero-order valence-corrected chi connectivity index (χ0v) is 14.6. The molecule has 0 unspecified atom stereocenters. The van der Waals surface area contributed by atoms with Crippen molar-refractivity contribution in [3.8, 4) is 5.75 Å². The highest BCUT2D eigenvalue weighted by Crippen LogP contribution is 2.21. The third kappa shape index (κ3) is 4.32. The van der Waals surface area contributed by atoms with Crippen molar-refractivity contribution < 1.29 is 23.1 Å². The second kappa shape index (κ2) is 8.30. The number of ether oxygens (including phenoxy) is 1. The van der Waals surface area contributed by atoms with Crippen LogP contribution in [0.15, 0.2) is 66.7 Å². The fraction of sp³-hybridized carbons (Fsp3) is 0.0476. The number of nitrogens with two attached hydrogens (primary N) is 1. The maximum Gasteiger partial charge on any atom is 0.256 e. The van der Waals surface area contributed by atoms with Gasteiger partial charge in [0.1, 0.15) is 12.4 Å². The number of anilines is 1. The normalized spacial score (nSPS) is 10.4. The first-order chi connectivity index (χ1) is 13.5. The number of carbonyl (C=O) groups is 2. The molecule has 0 aromatic heterocycles. The number of para-hydroxylation sites is 1. The van der Waals surface area contributed by atoms with E-state index in [0.29, 0.717) is 11.6 Å². The van der Waals surface area contributed by atoms with Gasteiger partial charge in [0.05, 0.1) is 11.3 Å². The van der Waals surface area contributed by atoms with Crippen LogP contribution in [0, 0.1) is 11.6 Å². The van der Waals surface area contributed by atoms with Crippen molar-refractivity contribution in [3.05, 3.63) is 95.1 Å². The summed E-state index contributed by atoms with van der Waals surface area (Å²) in [4.78, 5) is 24.2. The largest absolute Gasteiger partial charge is 0.486 e. The predicted molar refractivity (Wildman–Crippen MR) is 100 cm³/mol. The molecule has 28 heavy (non-hydrogen) atoms. The van der Waals surface area contributed by atoms with Crippen LogP contribution in [0.2, 0.25) is 0 Å². The number of amides is 2. The molecule has 0 spiro atoms. The maximum atomic E-state index is 13.7. The molecule has 0 saturated heterocycles. The fourth-order valence-electron chi connectivity index (χ4n) is 2.61. The Balaban J connectivity index is 1.80. The zero-order chi connectivity index (χ0) is 20.1. The highest BCUT2D eigenvalue weighted by Gasteiger charge is 2.15. The van der Waals surface area contributed by atoms with Gasteiger partial charge in [-0.3, -0.25) is 9.59 Å². The van der Waals surface area contributed by atoms with E-state index in [0.717, 1.165) is 6.07 Å². The molecule has 0 fully saturated rings. The van der Waals surface area contributed by atoms with Gasteiger partial charge in [-0.1, -0.05) is 30.3 Å². The molecule has 0 heterocycles. The first-order valence-electron chi connectivity index (χ1n) is 8.31. The van der Waals surface area contributed by atoms with E-state index in [-0.39, 0.29) is 29.2 Å². The van der Waals surface area contributed by atoms with Crippen molar-refractivity contribution in [1.82, 2.24) is 0 Å². The van der Waals surface area contributed by atoms with Gasteiger partial charge in [0, 0.05) is 17.2 Å². The molecule has 0 aliphatic heterocycles. The second-order valence-corrected chi connectivity index (χ2v) is 5.88. The van der Waals surface area contributed by atoms with Crippen LogP contribution in [-0.4, -0.2) is 11.8 Å². The summed E-state index contributed by atoms with van der Waals surface area (Å²) in [6.45, 7) is -0.108. The third-order valence-corrected chi connectivity index (χ3v) is 3.98. The molecule has 3 N–H and O–H groups in total. The molecule has 3 rings (SSSR count). The van der Waals surface area contributed by atoms with E-state index in [1.165, 1.54) is 12.1 Å². The summed E-state index contributed by atoms with van der Waals surface area (Å²) in [5.41, 5.74) is 6.55. The Morgan fingerprint density at radius 3 is 2.32 bits per heavy atom. The van der Waals surface area contributed by atoms with Gasteiger partial charge in [0.2, 0.25) is 0 Å². The van der Waals surface area contributed by atoms with Crippen LogP contribution in [0.25, 0.3) is 0 Å². The predicted octanol–water partition coefficient (Wildman–Crippen LogP) is 3.90. The molecule has 7 heteroatoms. The highest BCUT2D eigenvalue weighted by molar-refractivity contribution is 6.09. The first-order valence-corrected chi connectivity index (χ1v) is 8.31. The van der Waals surface area contributed by atoms with E-state index >= 15 is 0 Å². The molecular formula is C21H16F2N2O3. The number of hydrogen-bond donors (Lipinski definition) is 2. The average molecular weight is 382 g/mol. The molecule has 5 nitrogen and oxygen atoms in total. The molecule has 0 aliphatic carbocycles. The standard InChI is InChI=1S/C21H16F2N2O3/c22-14-9-10-19(17(23)11-14)28-12-13-5-1-2-6-15(13)21(27)25-18-8-4-3-7-16(18)20(24)26/h1-11H,12H2,(H2,24,26)(H,25,27). The second-order valence-electron chi connectivity index (χ2n) is 5.88. The number of primary amides is 1. The quantitative estimate of drug-likeness (QED) is 0.679. The van der Waals surface area contributed by atoms with Gasteiger partial charge in [0.25, 0.3) is 11.8 Å². The SMILES string of the molecule is NC(=O)c1ccccc1NC(=O)c1ccccc1COc1ccc(F)cc1F.